The number of nitro benzene ring substituents is 1. The molecule has 4 rings (SSSR count). The average molecular weight is 338 g/mol. The van der Waals surface area contributed by atoms with Crippen LogP contribution in [0.4, 0.5) is 5.69 Å². The standard InChI is InChI=1S/C20H22N2O3/c1-20(16-6-5-13-3-2-4-14(13)9-16)12-21-8-7-15-10-18(22(24)25)19(23)11-17(15)20/h5-6,9-11,21,23H,2-4,7-8,12H2,1H3. The van der Waals surface area contributed by atoms with E-state index in [1.807, 2.05) is 0 Å². The van der Waals surface area contributed by atoms with Gasteiger partial charge in [0.05, 0.1) is 4.92 Å². The lowest BCUT2D eigenvalue weighted by Crippen LogP contribution is -2.35. The summed E-state index contributed by atoms with van der Waals surface area (Å²) in [5, 5.41) is 24.9. The van der Waals surface area contributed by atoms with Crippen molar-refractivity contribution in [3.05, 3.63) is 68.3 Å². The number of hydrogen-bond acceptors (Lipinski definition) is 4. The highest BCUT2D eigenvalue weighted by atomic mass is 16.6. The minimum absolute atomic E-state index is 0.211. The number of fused-ring (bicyclic) bond motifs is 2. The number of aromatic hydroxyl groups is 1. The molecule has 0 bridgehead atoms. The number of nitrogens with zero attached hydrogens (tertiary/aromatic N) is 1. The quantitative estimate of drug-likeness (QED) is 0.651. The highest BCUT2D eigenvalue weighted by molar-refractivity contribution is 5.57. The summed E-state index contributed by atoms with van der Waals surface area (Å²) < 4.78 is 0. The molecule has 2 N–H and O–H groups in total. The maximum absolute atomic E-state index is 11.2. The molecule has 2 aliphatic rings. The van der Waals surface area contributed by atoms with Crippen molar-refractivity contribution >= 4 is 5.69 Å². The third-order valence-electron chi connectivity index (χ3n) is 5.78. The van der Waals surface area contributed by atoms with Gasteiger partial charge >= 0.3 is 5.69 Å². The molecular weight excluding hydrogens is 316 g/mol. The number of hydrogen-bond donors (Lipinski definition) is 2. The van der Waals surface area contributed by atoms with Crippen molar-refractivity contribution < 1.29 is 10.0 Å². The maximum atomic E-state index is 11.2. The van der Waals surface area contributed by atoms with Gasteiger partial charge in [-0.05, 0) is 66.1 Å². The van der Waals surface area contributed by atoms with Gasteiger partial charge in [-0.3, -0.25) is 10.1 Å². The number of aryl methyl sites for hydroxylation is 2. The zero-order valence-electron chi connectivity index (χ0n) is 14.3. The van der Waals surface area contributed by atoms with Crippen LogP contribution in [0.1, 0.15) is 41.2 Å². The average Bonchev–Trinajstić information content (AvgIpc) is 3.00. The molecule has 1 atom stereocenters. The van der Waals surface area contributed by atoms with E-state index < -0.39 is 4.92 Å². The molecule has 0 spiro atoms. The summed E-state index contributed by atoms with van der Waals surface area (Å²) in [4.78, 5) is 10.7. The van der Waals surface area contributed by atoms with E-state index >= 15 is 0 Å². The fourth-order valence-corrected chi connectivity index (χ4v) is 4.32. The molecule has 25 heavy (non-hydrogen) atoms. The van der Waals surface area contributed by atoms with Crippen molar-refractivity contribution in [3.63, 3.8) is 0 Å². The molecule has 1 aliphatic heterocycles. The second kappa shape index (κ2) is 5.85. The molecule has 0 fully saturated rings. The molecule has 0 saturated heterocycles. The lowest BCUT2D eigenvalue weighted by molar-refractivity contribution is -0.385. The van der Waals surface area contributed by atoms with Gasteiger partial charge in [0, 0.05) is 18.0 Å². The molecule has 1 unspecified atom stereocenters. The molecule has 5 nitrogen and oxygen atoms in total. The van der Waals surface area contributed by atoms with Gasteiger partial charge in [-0.15, -0.1) is 0 Å². The van der Waals surface area contributed by atoms with Crippen LogP contribution in [0, 0.1) is 10.1 Å². The van der Waals surface area contributed by atoms with Crippen LogP contribution in [0.5, 0.6) is 5.75 Å². The van der Waals surface area contributed by atoms with Gasteiger partial charge in [-0.1, -0.05) is 25.1 Å². The van der Waals surface area contributed by atoms with E-state index in [1.165, 1.54) is 23.1 Å². The summed E-state index contributed by atoms with van der Waals surface area (Å²) in [6.45, 7) is 3.68. The van der Waals surface area contributed by atoms with Crippen LogP contribution in [0.2, 0.25) is 0 Å². The highest BCUT2D eigenvalue weighted by Gasteiger charge is 2.35. The molecular formula is C20H22N2O3. The summed E-state index contributed by atoms with van der Waals surface area (Å²) in [6, 6.07) is 9.84. The Labute approximate surface area is 146 Å². The van der Waals surface area contributed by atoms with Gasteiger partial charge in [0.1, 0.15) is 0 Å². The smallest absolute Gasteiger partial charge is 0.310 e. The minimum Gasteiger partial charge on any atom is -0.502 e. The Morgan fingerprint density at radius 3 is 2.72 bits per heavy atom. The lowest BCUT2D eigenvalue weighted by Gasteiger charge is -2.31. The Hall–Kier alpha value is -2.40. The van der Waals surface area contributed by atoms with Crippen LogP contribution in [-0.2, 0) is 24.7 Å². The fourth-order valence-electron chi connectivity index (χ4n) is 4.32. The first-order valence-electron chi connectivity index (χ1n) is 8.83. The lowest BCUT2D eigenvalue weighted by atomic mass is 9.73. The number of benzene rings is 2. The summed E-state index contributed by atoms with van der Waals surface area (Å²) in [5.74, 6) is -0.252. The second-order valence-corrected chi connectivity index (χ2v) is 7.35. The first-order chi connectivity index (χ1) is 12.0. The molecule has 2 aromatic carbocycles. The number of nitro groups is 1. The van der Waals surface area contributed by atoms with Crippen molar-refractivity contribution in [2.75, 3.05) is 13.1 Å². The molecule has 0 aromatic heterocycles. The minimum atomic E-state index is -0.513. The fraction of sp³-hybridized carbons (Fsp3) is 0.400. The number of nitrogens with one attached hydrogen (secondary N) is 1. The van der Waals surface area contributed by atoms with E-state index in [2.05, 4.69) is 30.4 Å². The predicted molar refractivity (Wildman–Crippen MR) is 96.3 cm³/mol. The van der Waals surface area contributed by atoms with Gasteiger partial charge < -0.3 is 10.4 Å². The first-order valence-corrected chi connectivity index (χ1v) is 8.83. The van der Waals surface area contributed by atoms with Gasteiger partial charge in [-0.2, -0.15) is 0 Å². The summed E-state index contributed by atoms with van der Waals surface area (Å²) in [5.41, 5.74) is 5.44. The number of rotatable bonds is 2. The molecule has 1 heterocycles. The maximum Gasteiger partial charge on any atom is 0.310 e. The van der Waals surface area contributed by atoms with Gasteiger partial charge in [-0.25, -0.2) is 0 Å². The third kappa shape index (κ3) is 2.59. The summed E-state index contributed by atoms with van der Waals surface area (Å²) >= 11 is 0. The Morgan fingerprint density at radius 2 is 1.92 bits per heavy atom. The van der Waals surface area contributed by atoms with Crippen molar-refractivity contribution in [2.24, 2.45) is 0 Å². The third-order valence-corrected chi connectivity index (χ3v) is 5.78. The Morgan fingerprint density at radius 1 is 1.12 bits per heavy atom. The van der Waals surface area contributed by atoms with E-state index in [1.54, 1.807) is 12.1 Å². The molecule has 0 radical (unpaired) electrons. The molecule has 130 valence electrons. The van der Waals surface area contributed by atoms with Crippen molar-refractivity contribution in [1.29, 1.82) is 0 Å². The van der Waals surface area contributed by atoms with Crippen LogP contribution in [0.15, 0.2) is 30.3 Å². The van der Waals surface area contributed by atoms with Crippen LogP contribution < -0.4 is 5.32 Å². The second-order valence-electron chi connectivity index (χ2n) is 7.35. The molecule has 1 aliphatic carbocycles. The monoisotopic (exact) mass is 338 g/mol. The summed E-state index contributed by atoms with van der Waals surface area (Å²) in [7, 11) is 0. The van der Waals surface area contributed by atoms with Gasteiger partial charge in [0.25, 0.3) is 0 Å². The molecule has 2 aromatic rings. The highest BCUT2D eigenvalue weighted by Crippen LogP contribution is 2.41. The Bertz CT molecular complexity index is 862. The number of phenolic OH excluding ortho intramolecular Hbond substituents is 1. The molecule has 0 saturated carbocycles. The van der Waals surface area contributed by atoms with Crippen LogP contribution >= 0.6 is 0 Å². The van der Waals surface area contributed by atoms with E-state index in [0.717, 1.165) is 43.5 Å². The van der Waals surface area contributed by atoms with Crippen molar-refractivity contribution in [2.45, 2.75) is 38.0 Å². The van der Waals surface area contributed by atoms with Gasteiger partial charge in [0.15, 0.2) is 5.75 Å². The van der Waals surface area contributed by atoms with Crippen molar-refractivity contribution in [1.82, 2.24) is 5.32 Å². The van der Waals surface area contributed by atoms with Crippen molar-refractivity contribution in [3.8, 4) is 5.75 Å². The normalized spacial score (nSPS) is 22.1. The van der Waals surface area contributed by atoms with E-state index in [0.29, 0.717) is 0 Å². The summed E-state index contributed by atoms with van der Waals surface area (Å²) in [6.07, 6.45) is 4.19. The molecule has 5 heteroatoms. The van der Waals surface area contributed by atoms with E-state index in [9.17, 15) is 15.2 Å². The Kier molecular flexibility index (Phi) is 3.76. The van der Waals surface area contributed by atoms with Crippen LogP contribution in [-0.4, -0.2) is 23.1 Å². The zero-order valence-corrected chi connectivity index (χ0v) is 14.3. The zero-order chi connectivity index (χ0) is 17.6. The largest absolute Gasteiger partial charge is 0.502 e. The van der Waals surface area contributed by atoms with Gasteiger partial charge in [0.2, 0.25) is 0 Å². The van der Waals surface area contributed by atoms with E-state index in [-0.39, 0.29) is 16.9 Å². The Balaban J connectivity index is 1.88. The predicted octanol–water partition coefficient (Wildman–Crippen LogP) is 3.24. The van der Waals surface area contributed by atoms with Crippen LogP contribution in [0.3, 0.4) is 0 Å². The molecule has 0 amide bonds. The van der Waals surface area contributed by atoms with E-state index in [4.69, 9.17) is 0 Å². The first kappa shape index (κ1) is 16.1. The topological polar surface area (TPSA) is 75.4 Å². The SMILES string of the molecule is CC1(c2ccc3c(c2)CCC3)CNCCc2cc([N+](=O)[O-])c(O)cc21. The number of phenols is 1. The van der Waals surface area contributed by atoms with Crippen LogP contribution in [0.25, 0.3) is 0 Å².